The number of hydrogen-bond acceptors (Lipinski definition) is 3. The van der Waals surface area contributed by atoms with Gasteiger partial charge in [0, 0.05) is 6.54 Å². The summed E-state index contributed by atoms with van der Waals surface area (Å²) in [6.07, 6.45) is -4.34. The van der Waals surface area contributed by atoms with Crippen LogP contribution in [0, 0.1) is 0 Å². The Kier molecular flexibility index (Phi) is 4.54. The molecule has 0 aliphatic rings. The van der Waals surface area contributed by atoms with E-state index in [0.717, 1.165) is 4.90 Å². The van der Waals surface area contributed by atoms with Crippen molar-refractivity contribution in [2.24, 2.45) is 5.73 Å². The van der Waals surface area contributed by atoms with E-state index in [0.29, 0.717) is 0 Å². The van der Waals surface area contributed by atoms with Gasteiger partial charge in [0.05, 0.1) is 6.54 Å². The van der Waals surface area contributed by atoms with Gasteiger partial charge in [-0.3, -0.25) is 9.69 Å². The van der Waals surface area contributed by atoms with Gasteiger partial charge in [0.1, 0.15) is 5.54 Å². The molecule has 0 aromatic carbocycles. The first-order valence-electron chi connectivity index (χ1n) is 4.40. The van der Waals surface area contributed by atoms with E-state index in [4.69, 9.17) is 10.8 Å². The molecule has 0 radical (unpaired) electrons. The fourth-order valence-electron chi connectivity index (χ4n) is 1.07. The van der Waals surface area contributed by atoms with Crippen molar-refractivity contribution in [3.8, 4) is 0 Å². The molecule has 0 fully saturated rings. The van der Waals surface area contributed by atoms with Crippen molar-refractivity contribution in [2.45, 2.75) is 25.6 Å². The maximum atomic E-state index is 12.0. The summed E-state index contributed by atoms with van der Waals surface area (Å²) in [5.41, 5.74) is 3.68. The standard InChI is InChI=1S/C8H15F3N2O2/c1-3-13(5-8(9,10)11)4-7(2,12)6(14)15/h3-5,12H2,1-2H3,(H,14,15). The maximum absolute atomic E-state index is 12.0. The first kappa shape index (κ1) is 14.2. The number of carboxylic acids is 1. The quantitative estimate of drug-likeness (QED) is 0.726. The molecule has 4 nitrogen and oxygen atoms in total. The Morgan fingerprint density at radius 1 is 1.40 bits per heavy atom. The molecule has 0 heterocycles. The van der Waals surface area contributed by atoms with Crippen molar-refractivity contribution in [2.75, 3.05) is 19.6 Å². The minimum atomic E-state index is -4.34. The Bertz CT molecular complexity index is 228. The van der Waals surface area contributed by atoms with Crippen molar-refractivity contribution in [1.82, 2.24) is 4.90 Å². The summed E-state index contributed by atoms with van der Waals surface area (Å²) in [4.78, 5) is 11.6. The number of rotatable bonds is 5. The minimum absolute atomic E-state index is 0.0968. The van der Waals surface area contributed by atoms with Crippen LogP contribution in [0.3, 0.4) is 0 Å². The summed E-state index contributed by atoms with van der Waals surface area (Å²) in [7, 11) is 0. The molecule has 1 atom stereocenters. The molecule has 0 saturated heterocycles. The van der Waals surface area contributed by atoms with Gasteiger partial charge in [0.15, 0.2) is 0 Å². The molecular formula is C8H15F3N2O2. The van der Waals surface area contributed by atoms with Gasteiger partial charge >= 0.3 is 12.1 Å². The van der Waals surface area contributed by atoms with Crippen molar-refractivity contribution < 1.29 is 23.1 Å². The number of halogens is 3. The molecule has 90 valence electrons. The van der Waals surface area contributed by atoms with Crippen LogP contribution in [-0.2, 0) is 4.79 Å². The first-order chi connectivity index (χ1) is 6.58. The summed E-state index contributed by atoms with van der Waals surface area (Å²) in [5, 5.41) is 8.65. The highest BCUT2D eigenvalue weighted by atomic mass is 19.4. The first-order valence-corrected chi connectivity index (χ1v) is 4.40. The number of carbonyl (C=O) groups is 1. The molecule has 7 heteroatoms. The smallest absolute Gasteiger partial charge is 0.401 e. The number of likely N-dealkylation sites (N-methyl/N-ethyl adjacent to an activating group) is 1. The van der Waals surface area contributed by atoms with E-state index >= 15 is 0 Å². The normalized spacial score (nSPS) is 16.5. The lowest BCUT2D eigenvalue weighted by atomic mass is 10.0. The van der Waals surface area contributed by atoms with Gasteiger partial charge in [0.2, 0.25) is 0 Å². The lowest BCUT2D eigenvalue weighted by Crippen LogP contribution is -2.55. The van der Waals surface area contributed by atoms with Gasteiger partial charge in [-0.05, 0) is 13.5 Å². The highest BCUT2D eigenvalue weighted by Crippen LogP contribution is 2.17. The fourth-order valence-corrected chi connectivity index (χ4v) is 1.07. The molecule has 0 aliphatic heterocycles. The monoisotopic (exact) mass is 228 g/mol. The SMILES string of the molecule is CCN(CC(F)(F)F)CC(C)(N)C(=O)O. The lowest BCUT2D eigenvalue weighted by Gasteiger charge is -2.29. The van der Waals surface area contributed by atoms with Crippen LogP contribution in [0.5, 0.6) is 0 Å². The van der Waals surface area contributed by atoms with Crippen molar-refractivity contribution in [3.05, 3.63) is 0 Å². The molecule has 0 rings (SSSR count). The minimum Gasteiger partial charge on any atom is -0.480 e. The predicted octanol–water partition coefficient (Wildman–Crippen LogP) is 0.673. The van der Waals surface area contributed by atoms with Crippen LogP contribution in [0.4, 0.5) is 13.2 Å². The summed E-state index contributed by atoms with van der Waals surface area (Å²) in [6, 6.07) is 0. The second kappa shape index (κ2) is 4.80. The number of nitrogens with two attached hydrogens (primary N) is 1. The van der Waals surface area contributed by atoms with Gasteiger partial charge in [0.25, 0.3) is 0 Å². The Hall–Kier alpha value is -0.820. The van der Waals surface area contributed by atoms with Gasteiger partial charge < -0.3 is 10.8 Å². The average molecular weight is 228 g/mol. The maximum Gasteiger partial charge on any atom is 0.401 e. The molecule has 1 unspecified atom stereocenters. The van der Waals surface area contributed by atoms with E-state index < -0.39 is 24.2 Å². The third kappa shape index (κ3) is 5.58. The van der Waals surface area contributed by atoms with Gasteiger partial charge in [-0.25, -0.2) is 0 Å². The van der Waals surface area contributed by atoms with Crippen molar-refractivity contribution in [3.63, 3.8) is 0 Å². The Morgan fingerprint density at radius 3 is 2.13 bits per heavy atom. The molecule has 0 amide bonds. The molecule has 0 spiro atoms. The number of nitrogens with zero attached hydrogens (tertiary/aromatic N) is 1. The topological polar surface area (TPSA) is 66.6 Å². The Labute approximate surface area is 85.8 Å². The largest absolute Gasteiger partial charge is 0.480 e. The van der Waals surface area contributed by atoms with E-state index in [9.17, 15) is 18.0 Å². The second-order valence-corrected chi connectivity index (χ2v) is 3.64. The average Bonchev–Trinajstić information content (AvgIpc) is 1.99. The third-order valence-corrected chi connectivity index (χ3v) is 1.89. The molecule has 0 aromatic heterocycles. The van der Waals surface area contributed by atoms with Crippen LogP contribution in [0.2, 0.25) is 0 Å². The molecular weight excluding hydrogens is 213 g/mol. The van der Waals surface area contributed by atoms with E-state index in [1.807, 2.05) is 0 Å². The molecule has 3 N–H and O–H groups in total. The summed E-state index contributed by atoms with van der Waals surface area (Å²) in [5.74, 6) is -1.32. The number of alkyl halides is 3. The third-order valence-electron chi connectivity index (χ3n) is 1.89. The summed E-state index contributed by atoms with van der Waals surface area (Å²) < 4.78 is 36.1. The van der Waals surface area contributed by atoms with Crippen LogP contribution in [0.25, 0.3) is 0 Å². The fraction of sp³-hybridized carbons (Fsp3) is 0.875. The Balaban J connectivity index is 4.40. The lowest BCUT2D eigenvalue weighted by molar-refractivity contribution is -0.154. The highest BCUT2D eigenvalue weighted by molar-refractivity contribution is 5.78. The number of hydrogen-bond donors (Lipinski definition) is 2. The van der Waals surface area contributed by atoms with Crippen LogP contribution >= 0.6 is 0 Å². The predicted molar refractivity (Wildman–Crippen MR) is 48.4 cm³/mol. The van der Waals surface area contributed by atoms with E-state index in [1.165, 1.54) is 13.8 Å². The molecule has 0 aliphatic carbocycles. The summed E-state index contributed by atoms with van der Waals surface area (Å²) >= 11 is 0. The zero-order valence-corrected chi connectivity index (χ0v) is 8.64. The van der Waals surface area contributed by atoms with Crippen LogP contribution in [-0.4, -0.2) is 47.3 Å². The van der Waals surface area contributed by atoms with E-state index in [-0.39, 0.29) is 13.1 Å². The van der Waals surface area contributed by atoms with Gasteiger partial charge in [-0.2, -0.15) is 13.2 Å². The van der Waals surface area contributed by atoms with Crippen molar-refractivity contribution >= 4 is 5.97 Å². The number of carboxylic acid groups (broad SMARTS) is 1. The number of aliphatic carboxylic acids is 1. The van der Waals surface area contributed by atoms with Gasteiger partial charge in [-0.1, -0.05) is 6.92 Å². The van der Waals surface area contributed by atoms with Gasteiger partial charge in [-0.15, -0.1) is 0 Å². The molecule has 0 saturated carbocycles. The van der Waals surface area contributed by atoms with Crippen molar-refractivity contribution in [1.29, 1.82) is 0 Å². The van der Waals surface area contributed by atoms with Crippen LogP contribution in [0.15, 0.2) is 0 Å². The van der Waals surface area contributed by atoms with E-state index in [2.05, 4.69) is 0 Å². The molecule has 15 heavy (non-hydrogen) atoms. The second-order valence-electron chi connectivity index (χ2n) is 3.64. The molecule has 0 bridgehead atoms. The zero-order valence-electron chi connectivity index (χ0n) is 8.64. The Morgan fingerprint density at radius 2 is 1.87 bits per heavy atom. The van der Waals surface area contributed by atoms with Crippen LogP contribution in [0.1, 0.15) is 13.8 Å². The van der Waals surface area contributed by atoms with Crippen LogP contribution < -0.4 is 5.73 Å². The summed E-state index contributed by atoms with van der Waals surface area (Å²) in [6.45, 7) is 1.32. The van der Waals surface area contributed by atoms with E-state index in [1.54, 1.807) is 0 Å². The highest BCUT2D eigenvalue weighted by Gasteiger charge is 2.35. The molecule has 0 aromatic rings. The zero-order chi connectivity index (χ0) is 12.3.